The second kappa shape index (κ2) is 9.38. The van der Waals surface area contributed by atoms with Crippen molar-refractivity contribution < 1.29 is 0 Å². The van der Waals surface area contributed by atoms with Gasteiger partial charge in [-0.05, 0) is 42.4 Å². The average molecular weight is 254 g/mol. The van der Waals surface area contributed by atoms with Crippen molar-refractivity contribution in [2.75, 3.05) is 0 Å². The summed E-state index contributed by atoms with van der Waals surface area (Å²) in [5, 5.41) is 0. The van der Waals surface area contributed by atoms with E-state index in [1.807, 2.05) is 13.8 Å². The van der Waals surface area contributed by atoms with Crippen LogP contribution in [-0.4, -0.2) is 0 Å². The first-order valence-corrected chi connectivity index (χ1v) is 7.50. The van der Waals surface area contributed by atoms with E-state index in [-0.39, 0.29) is 0 Å². The Balaban J connectivity index is 0.000000861. The standard InChI is InChI=1S/C17H20.C2H6/c1-2-15-10-6-12-17(14-15)13-7-11-16-8-4-3-5-9-16;1-2/h3-6,8-10,12,14H,2,7,11,13H2,1H3;1-2H3. The normalized spacial score (nSPS) is 9.63. The summed E-state index contributed by atoms with van der Waals surface area (Å²) < 4.78 is 0. The van der Waals surface area contributed by atoms with Gasteiger partial charge < -0.3 is 0 Å². The molecule has 2 aromatic carbocycles. The molecule has 0 saturated heterocycles. The van der Waals surface area contributed by atoms with Crippen LogP contribution in [0.2, 0.25) is 0 Å². The van der Waals surface area contributed by atoms with Gasteiger partial charge in [-0.15, -0.1) is 0 Å². The number of hydrogen-bond acceptors (Lipinski definition) is 0. The Morgan fingerprint density at radius 2 is 1.26 bits per heavy atom. The molecule has 0 nitrogen and oxygen atoms in total. The highest BCUT2D eigenvalue weighted by Crippen LogP contribution is 2.10. The molecule has 0 bridgehead atoms. The summed E-state index contributed by atoms with van der Waals surface area (Å²) in [5.41, 5.74) is 4.36. The molecule has 0 aliphatic carbocycles. The van der Waals surface area contributed by atoms with Gasteiger partial charge in [0.1, 0.15) is 0 Å². The molecular formula is C19H26. The minimum absolute atomic E-state index is 1.13. The smallest absolute Gasteiger partial charge is 0.0276 e. The lowest BCUT2D eigenvalue weighted by atomic mass is 10.0. The van der Waals surface area contributed by atoms with Crippen LogP contribution in [0.5, 0.6) is 0 Å². The quantitative estimate of drug-likeness (QED) is 0.665. The average Bonchev–Trinajstić information content (AvgIpc) is 2.51. The molecule has 0 N–H and O–H groups in total. The van der Waals surface area contributed by atoms with Crippen LogP contribution in [0.25, 0.3) is 0 Å². The van der Waals surface area contributed by atoms with E-state index in [2.05, 4.69) is 61.5 Å². The van der Waals surface area contributed by atoms with Crippen LogP contribution in [0, 0.1) is 0 Å². The van der Waals surface area contributed by atoms with Gasteiger partial charge in [-0.25, -0.2) is 0 Å². The Morgan fingerprint density at radius 1 is 0.684 bits per heavy atom. The van der Waals surface area contributed by atoms with Gasteiger partial charge in [-0.3, -0.25) is 0 Å². The molecule has 19 heavy (non-hydrogen) atoms. The Bertz CT molecular complexity index is 443. The van der Waals surface area contributed by atoms with E-state index in [9.17, 15) is 0 Å². The Labute approximate surface area is 118 Å². The highest BCUT2D eigenvalue weighted by molar-refractivity contribution is 5.23. The highest BCUT2D eigenvalue weighted by atomic mass is 14.0. The summed E-state index contributed by atoms with van der Waals surface area (Å²) in [4.78, 5) is 0. The van der Waals surface area contributed by atoms with Crippen molar-refractivity contribution in [1.29, 1.82) is 0 Å². The predicted octanol–water partition coefficient (Wildman–Crippen LogP) is 5.45. The van der Waals surface area contributed by atoms with Gasteiger partial charge in [-0.2, -0.15) is 0 Å². The fraction of sp³-hybridized carbons (Fsp3) is 0.368. The largest absolute Gasteiger partial charge is 0.0683 e. The SMILES string of the molecule is CC.CCc1cccc(CCCc2ccccc2)c1. The summed E-state index contributed by atoms with van der Waals surface area (Å²) in [7, 11) is 0. The Hall–Kier alpha value is -1.56. The van der Waals surface area contributed by atoms with E-state index >= 15 is 0 Å². The maximum atomic E-state index is 2.34. The lowest BCUT2D eigenvalue weighted by Crippen LogP contribution is -1.91. The van der Waals surface area contributed by atoms with E-state index in [1.54, 1.807) is 0 Å². The fourth-order valence-electron chi connectivity index (χ4n) is 2.15. The number of aryl methyl sites for hydroxylation is 3. The summed E-state index contributed by atoms with van der Waals surface area (Å²) in [5.74, 6) is 0. The summed E-state index contributed by atoms with van der Waals surface area (Å²) in [6, 6.07) is 19.7. The summed E-state index contributed by atoms with van der Waals surface area (Å²) in [6.07, 6.45) is 4.73. The van der Waals surface area contributed by atoms with Crippen molar-refractivity contribution in [2.45, 2.75) is 46.5 Å². The van der Waals surface area contributed by atoms with Crippen LogP contribution in [-0.2, 0) is 19.3 Å². The van der Waals surface area contributed by atoms with Gasteiger partial charge >= 0.3 is 0 Å². The van der Waals surface area contributed by atoms with Crippen LogP contribution < -0.4 is 0 Å². The second-order valence-corrected chi connectivity index (χ2v) is 4.51. The van der Waals surface area contributed by atoms with E-state index in [0.717, 1.165) is 6.42 Å². The van der Waals surface area contributed by atoms with E-state index in [4.69, 9.17) is 0 Å². The van der Waals surface area contributed by atoms with Crippen LogP contribution in [0.15, 0.2) is 54.6 Å². The molecule has 2 aromatic rings. The molecule has 2 rings (SSSR count). The molecule has 0 spiro atoms. The Morgan fingerprint density at radius 3 is 1.95 bits per heavy atom. The molecule has 0 heterocycles. The van der Waals surface area contributed by atoms with E-state index in [1.165, 1.54) is 36.0 Å². The van der Waals surface area contributed by atoms with Crippen LogP contribution >= 0.6 is 0 Å². The Kier molecular flexibility index (Phi) is 7.65. The lowest BCUT2D eigenvalue weighted by Gasteiger charge is -2.04. The van der Waals surface area contributed by atoms with Gasteiger partial charge in [0, 0.05) is 0 Å². The lowest BCUT2D eigenvalue weighted by molar-refractivity contribution is 0.819. The minimum Gasteiger partial charge on any atom is -0.0683 e. The molecule has 102 valence electrons. The molecule has 0 aliphatic rings. The molecule has 0 fully saturated rings. The number of rotatable bonds is 5. The summed E-state index contributed by atoms with van der Waals surface area (Å²) in [6.45, 7) is 6.21. The second-order valence-electron chi connectivity index (χ2n) is 4.51. The zero-order valence-electron chi connectivity index (χ0n) is 12.5. The molecule has 0 aromatic heterocycles. The zero-order valence-corrected chi connectivity index (χ0v) is 12.5. The van der Waals surface area contributed by atoms with Crippen LogP contribution in [0.1, 0.15) is 43.9 Å². The van der Waals surface area contributed by atoms with Gasteiger partial charge in [0.2, 0.25) is 0 Å². The topological polar surface area (TPSA) is 0 Å². The molecule has 0 unspecified atom stereocenters. The van der Waals surface area contributed by atoms with Crippen molar-refractivity contribution in [2.24, 2.45) is 0 Å². The van der Waals surface area contributed by atoms with Crippen molar-refractivity contribution in [3.63, 3.8) is 0 Å². The third-order valence-corrected chi connectivity index (χ3v) is 3.17. The molecule has 0 aliphatic heterocycles. The highest BCUT2D eigenvalue weighted by Gasteiger charge is 1.96. The van der Waals surface area contributed by atoms with Gasteiger partial charge in [0.15, 0.2) is 0 Å². The molecule has 0 amide bonds. The first kappa shape index (κ1) is 15.5. The maximum Gasteiger partial charge on any atom is -0.0276 e. The van der Waals surface area contributed by atoms with Crippen LogP contribution in [0.4, 0.5) is 0 Å². The number of hydrogen-bond donors (Lipinski definition) is 0. The van der Waals surface area contributed by atoms with E-state index < -0.39 is 0 Å². The van der Waals surface area contributed by atoms with Crippen molar-refractivity contribution in [3.8, 4) is 0 Å². The van der Waals surface area contributed by atoms with Gasteiger partial charge in [0.05, 0.1) is 0 Å². The molecule has 0 radical (unpaired) electrons. The molecule has 0 saturated carbocycles. The van der Waals surface area contributed by atoms with Gasteiger partial charge in [-0.1, -0.05) is 75.4 Å². The van der Waals surface area contributed by atoms with E-state index in [0.29, 0.717) is 0 Å². The maximum absolute atomic E-state index is 2.34. The monoisotopic (exact) mass is 254 g/mol. The first-order valence-electron chi connectivity index (χ1n) is 7.50. The molecular weight excluding hydrogens is 228 g/mol. The molecule has 0 heteroatoms. The third-order valence-electron chi connectivity index (χ3n) is 3.17. The molecule has 0 atom stereocenters. The number of benzene rings is 2. The first-order chi connectivity index (χ1) is 9.38. The third kappa shape index (κ3) is 5.74. The fourth-order valence-corrected chi connectivity index (χ4v) is 2.15. The van der Waals surface area contributed by atoms with Crippen LogP contribution in [0.3, 0.4) is 0 Å². The van der Waals surface area contributed by atoms with Crippen molar-refractivity contribution in [1.82, 2.24) is 0 Å². The minimum atomic E-state index is 1.13. The van der Waals surface area contributed by atoms with Crippen molar-refractivity contribution >= 4 is 0 Å². The predicted molar refractivity (Wildman–Crippen MR) is 85.6 cm³/mol. The zero-order chi connectivity index (χ0) is 13.9. The summed E-state index contributed by atoms with van der Waals surface area (Å²) >= 11 is 0. The van der Waals surface area contributed by atoms with Gasteiger partial charge in [0.25, 0.3) is 0 Å². The van der Waals surface area contributed by atoms with Crippen molar-refractivity contribution in [3.05, 3.63) is 71.3 Å².